The van der Waals surface area contributed by atoms with Gasteiger partial charge in [0.25, 0.3) is 5.91 Å². The number of hydrogen-bond acceptors (Lipinski definition) is 3. The van der Waals surface area contributed by atoms with Crippen LogP contribution in [-0.4, -0.2) is 43.3 Å². The zero-order valence-electron chi connectivity index (χ0n) is 17.6. The highest BCUT2D eigenvalue weighted by Crippen LogP contribution is 2.51. The van der Waals surface area contributed by atoms with E-state index in [1.807, 2.05) is 36.0 Å². The smallest absolute Gasteiger partial charge is 0.251 e. The highest BCUT2D eigenvalue weighted by molar-refractivity contribution is 14.0. The maximum absolute atomic E-state index is 11.8. The van der Waals surface area contributed by atoms with Crippen molar-refractivity contribution in [3.05, 3.63) is 65.7 Å². The first kappa shape index (κ1) is 24.5. The number of halogens is 1. The molecule has 1 saturated carbocycles. The maximum Gasteiger partial charge on any atom is 0.251 e. The second-order valence-electron chi connectivity index (χ2n) is 7.25. The van der Waals surface area contributed by atoms with E-state index < -0.39 is 0 Å². The molecule has 0 unspecified atom stereocenters. The molecule has 2 aromatic rings. The van der Waals surface area contributed by atoms with Crippen LogP contribution in [0.15, 0.2) is 64.5 Å². The van der Waals surface area contributed by atoms with E-state index >= 15 is 0 Å². The summed E-state index contributed by atoms with van der Waals surface area (Å²) in [6, 6.07) is 18.3. The minimum atomic E-state index is -0.0552. The van der Waals surface area contributed by atoms with Crippen LogP contribution >= 0.6 is 35.7 Å². The number of aliphatic imine (C=N–C) groups is 1. The number of thioether (sulfide) groups is 1. The Bertz CT molecular complexity index is 840. The summed E-state index contributed by atoms with van der Waals surface area (Å²) in [7, 11) is 1.65. The molecule has 0 spiro atoms. The third kappa shape index (κ3) is 7.50. The fourth-order valence-electron chi connectivity index (χ4n) is 3.07. The van der Waals surface area contributed by atoms with Crippen molar-refractivity contribution in [3.63, 3.8) is 0 Å². The zero-order valence-corrected chi connectivity index (χ0v) is 20.8. The van der Waals surface area contributed by atoms with Crippen LogP contribution in [0.3, 0.4) is 0 Å². The molecular formula is C23H31IN4OS. The normalized spacial score (nSPS) is 14.4. The number of nitrogens with one attached hydrogen (secondary N) is 3. The summed E-state index contributed by atoms with van der Waals surface area (Å²) in [6.07, 6.45) is 3.25. The molecule has 3 rings (SSSR count). The molecule has 0 heterocycles. The second-order valence-corrected chi connectivity index (χ2v) is 8.79. The predicted octanol–water partition coefficient (Wildman–Crippen LogP) is 4.09. The third-order valence-electron chi connectivity index (χ3n) is 4.88. The fraction of sp³-hybridized carbons (Fsp3) is 0.391. The maximum atomic E-state index is 11.8. The molecule has 1 amide bonds. The van der Waals surface area contributed by atoms with Crippen LogP contribution in [0.2, 0.25) is 0 Å². The average molecular weight is 538 g/mol. The summed E-state index contributed by atoms with van der Waals surface area (Å²) >= 11 is 1.94. The van der Waals surface area contributed by atoms with Gasteiger partial charge in [0.05, 0.1) is 6.54 Å². The number of benzene rings is 2. The van der Waals surface area contributed by atoms with Crippen LogP contribution in [0.4, 0.5) is 0 Å². The van der Waals surface area contributed by atoms with E-state index in [0.717, 1.165) is 37.6 Å². The molecular weight excluding hydrogens is 507 g/mol. The fourth-order valence-corrected chi connectivity index (χ4v) is 4.30. The summed E-state index contributed by atoms with van der Waals surface area (Å²) in [5.74, 6) is 0.801. The standard InChI is InChI=1S/C23H30N4OS.HI/c1-3-25-22(26-15-12-18-8-7-9-19(16-18)21(28)24-2)27-17-23(13-14-23)29-20-10-5-4-6-11-20;/h4-11,16H,3,12-15,17H2,1-2H3,(H,24,28)(H2,25,26,27);1H. The Labute approximate surface area is 200 Å². The van der Waals surface area contributed by atoms with Gasteiger partial charge in [-0.3, -0.25) is 9.79 Å². The second kappa shape index (κ2) is 12.2. The molecule has 0 aromatic heterocycles. The van der Waals surface area contributed by atoms with Crippen molar-refractivity contribution >= 4 is 47.6 Å². The number of hydrogen-bond donors (Lipinski definition) is 3. The van der Waals surface area contributed by atoms with E-state index in [9.17, 15) is 4.79 Å². The minimum absolute atomic E-state index is 0. The molecule has 3 N–H and O–H groups in total. The monoisotopic (exact) mass is 538 g/mol. The molecule has 0 radical (unpaired) electrons. The molecule has 1 aliphatic rings. The number of guanidine groups is 1. The van der Waals surface area contributed by atoms with Crippen LogP contribution in [0.1, 0.15) is 35.7 Å². The molecule has 5 nitrogen and oxygen atoms in total. The summed E-state index contributed by atoms with van der Waals surface area (Å²) in [6.45, 7) is 4.49. The van der Waals surface area contributed by atoms with Crippen LogP contribution in [-0.2, 0) is 6.42 Å². The first-order valence-electron chi connectivity index (χ1n) is 10.2. The van der Waals surface area contributed by atoms with Gasteiger partial charge in [0, 0.05) is 35.3 Å². The van der Waals surface area contributed by atoms with Crippen molar-refractivity contribution in [1.82, 2.24) is 16.0 Å². The number of nitrogens with zero attached hydrogens (tertiary/aromatic N) is 1. The predicted molar refractivity (Wildman–Crippen MR) is 137 cm³/mol. The molecule has 30 heavy (non-hydrogen) atoms. The van der Waals surface area contributed by atoms with Gasteiger partial charge in [0.1, 0.15) is 0 Å². The van der Waals surface area contributed by atoms with Crippen LogP contribution in [0.5, 0.6) is 0 Å². The quantitative estimate of drug-likeness (QED) is 0.256. The molecule has 0 aliphatic heterocycles. The Morgan fingerprint density at radius 1 is 1.10 bits per heavy atom. The molecule has 7 heteroatoms. The highest BCUT2D eigenvalue weighted by atomic mass is 127. The molecule has 2 aromatic carbocycles. The zero-order chi connectivity index (χ0) is 20.5. The number of rotatable bonds is 9. The van der Waals surface area contributed by atoms with Gasteiger partial charge in [-0.25, -0.2) is 0 Å². The SMILES string of the molecule is CCNC(=NCC1(Sc2ccccc2)CC1)NCCc1cccc(C(=O)NC)c1.I. The molecule has 1 aliphatic carbocycles. The number of carbonyl (C=O) groups excluding carboxylic acids is 1. The number of carbonyl (C=O) groups is 1. The lowest BCUT2D eigenvalue weighted by atomic mass is 10.1. The largest absolute Gasteiger partial charge is 0.357 e. The van der Waals surface area contributed by atoms with Crippen LogP contribution in [0, 0.1) is 0 Å². The topological polar surface area (TPSA) is 65.5 Å². The van der Waals surface area contributed by atoms with Crippen molar-refractivity contribution in [2.75, 3.05) is 26.7 Å². The van der Waals surface area contributed by atoms with Gasteiger partial charge in [-0.15, -0.1) is 35.7 Å². The first-order valence-corrected chi connectivity index (χ1v) is 11.0. The Balaban J connectivity index is 0.00000320. The van der Waals surface area contributed by atoms with E-state index in [2.05, 4.69) is 53.2 Å². The third-order valence-corrected chi connectivity index (χ3v) is 6.36. The Morgan fingerprint density at radius 2 is 1.87 bits per heavy atom. The van der Waals surface area contributed by atoms with E-state index in [4.69, 9.17) is 4.99 Å². The van der Waals surface area contributed by atoms with Crippen molar-refractivity contribution in [2.45, 2.75) is 35.8 Å². The van der Waals surface area contributed by atoms with Gasteiger partial charge in [0.2, 0.25) is 0 Å². The van der Waals surface area contributed by atoms with Crippen molar-refractivity contribution in [2.24, 2.45) is 4.99 Å². The Kier molecular flexibility index (Phi) is 9.97. The summed E-state index contributed by atoms with van der Waals surface area (Å²) in [5.41, 5.74) is 1.83. The summed E-state index contributed by atoms with van der Waals surface area (Å²) in [5, 5.41) is 9.43. The van der Waals surface area contributed by atoms with E-state index in [1.165, 1.54) is 17.7 Å². The van der Waals surface area contributed by atoms with Gasteiger partial charge in [-0.05, 0) is 56.0 Å². The Morgan fingerprint density at radius 3 is 2.53 bits per heavy atom. The van der Waals surface area contributed by atoms with Gasteiger partial charge in [-0.1, -0.05) is 30.3 Å². The summed E-state index contributed by atoms with van der Waals surface area (Å²) in [4.78, 5) is 17.9. The van der Waals surface area contributed by atoms with Crippen LogP contribution < -0.4 is 16.0 Å². The van der Waals surface area contributed by atoms with Gasteiger partial charge in [-0.2, -0.15) is 0 Å². The highest BCUT2D eigenvalue weighted by Gasteiger charge is 2.43. The van der Waals surface area contributed by atoms with Gasteiger partial charge >= 0.3 is 0 Å². The van der Waals surface area contributed by atoms with E-state index in [0.29, 0.717) is 5.56 Å². The van der Waals surface area contributed by atoms with E-state index in [-0.39, 0.29) is 34.6 Å². The van der Waals surface area contributed by atoms with E-state index in [1.54, 1.807) is 7.05 Å². The van der Waals surface area contributed by atoms with Crippen molar-refractivity contribution < 1.29 is 4.79 Å². The van der Waals surface area contributed by atoms with Crippen molar-refractivity contribution in [3.8, 4) is 0 Å². The first-order chi connectivity index (χ1) is 14.1. The lowest BCUT2D eigenvalue weighted by Crippen LogP contribution is -2.39. The lowest BCUT2D eigenvalue weighted by Gasteiger charge is -2.15. The molecule has 0 bridgehead atoms. The van der Waals surface area contributed by atoms with Crippen molar-refractivity contribution in [1.29, 1.82) is 0 Å². The van der Waals surface area contributed by atoms with Gasteiger partial charge in [0.15, 0.2) is 5.96 Å². The summed E-state index contributed by atoms with van der Waals surface area (Å²) < 4.78 is 0.242. The minimum Gasteiger partial charge on any atom is -0.357 e. The Hall–Kier alpha value is -1.74. The number of amides is 1. The lowest BCUT2D eigenvalue weighted by molar-refractivity contribution is 0.0963. The van der Waals surface area contributed by atoms with Crippen LogP contribution in [0.25, 0.3) is 0 Å². The molecule has 0 saturated heterocycles. The molecule has 1 fully saturated rings. The average Bonchev–Trinajstić information content (AvgIpc) is 3.52. The molecule has 162 valence electrons. The molecule has 0 atom stereocenters. The van der Waals surface area contributed by atoms with Gasteiger partial charge < -0.3 is 16.0 Å².